The van der Waals surface area contributed by atoms with Gasteiger partial charge in [-0.25, -0.2) is 0 Å². The van der Waals surface area contributed by atoms with Crippen LogP contribution in [0, 0.1) is 0 Å². The van der Waals surface area contributed by atoms with Crippen molar-refractivity contribution >= 4 is 15.9 Å². The molecule has 0 bridgehead atoms. The first-order chi connectivity index (χ1) is 9.22. The summed E-state index contributed by atoms with van der Waals surface area (Å²) in [6, 6.07) is 6.23. The van der Waals surface area contributed by atoms with Crippen LogP contribution in [-0.2, 0) is 0 Å². The minimum absolute atomic E-state index is 0.343. The lowest BCUT2D eigenvalue weighted by molar-refractivity contribution is 0.160. The third kappa shape index (κ3) is 3.94. The molecule has 3 nitrogen and oxygen atoms in total. The number of nitrogens with zero attached hydrogens (tertiary/aromatic N) is 1. The molecular formula is C15H23BrN2O. The van der Waals surface area contributed by atoms with E-state index in [-0.39, 0.29) is 0 Å². The van der Waals surface area contributed by atoms with Crippen LogP contribution in [0.25, 0.3) is 0 Å². The van der Waals surface area contributed by atoms with Gasteiger partial charge in [0.25, 0.3) is 0 Å². The van der Waals surface area contributed by atoms with E-state index >= 15 is 0 Å². The maximum atomic E-state index is 10.2. The number of phenols is 1. The second-order valence-corrected chi connectivity index (χ2v) is 6.06. The van der Waals surface area contributed by atoms with Gasteiger partial charge in [0.1, 0.15) is 5.75 Å². The van der Waals surface area contributed by atoms with Crippen molar-refractivity contribution in [3.05, 3.63) is 28.2 Å². The molecule has 1 fully saturated rings. The van der Waals surface area contributed by atoms with Gasteiger partial charge in [0.2, 0.25) is 0 Å². The molecule has 4 heteroatoms. The van der Waals surface area contributed by atoms with E-state index in [9.17, 15) is 5.11 Å². The van der Waals surface area contributed by atoms with E-state index in [2.05, 4.69) is 39.1 Å². The van der Waals surface area contributed by atoms with Crippen molar-refractivity contribution in [2.24, 2.45) is 0 Å². The maximum Gasteiger partial charge on any atom is 0.121 e. The zero-order valence-electron chi connectivity index (χ0n) is 11.5. The lowest BCUT2D eigenvalue weighted by atomic mass is 9.98. The van der Waals surface area contributed by atoms with Crippen molar-refractivity contribution in [1.82, 2.24) is 10.2 Å². The first-order valence-electron chi connectivity index (χ1n) is 7.15. The van der Waals surface area contributed by atoms with E-state index < -0.39 is 0 Å². The molecule has 19 heavy (non-hydrogen) atoms. The Labute approximate surface area is 124 Å². The van der Waals surface area contributed by atoms with E-state index in [0.29, 0.717) is 11.8 Å². The Balaban J connectivity index is 2.19. The molecule has 1 saturated heterocycles. The van der Waals surface area contributed by atoms with Gasteiger partial charge in [-0.3, -0.25) is 4.90 Å². The van der Waals surface area contributed by atoms with Crippen LogP contribution >= 0.6 is 15.9 Å². The van der Waals surface area contributed by atoms with Crippen LogP contribution in [-0.4, -0.2) is 36.2 Å². The number of halogens is 1. The number of phenolic OH excluding ortho intramolecular Hbond substituents is 1. The molecule has 1 heterocycles. The van der Waals surface area contributed by atoms with Crippen LogP contribution in [0.4, 0.5) is 0 Å². The smallest absolute Gasteiger partial charge is 0.121 e. The average Bonchev–Trinajstić information content (AvgIpc) is 2.42. The van der Waals surface area contributed by atoms with Gasteiger partial charge < -0.3 is 10.4 Å². The zero-order chi connectivity index (χ0) is 13.7. The summed E-state index contributed by atoms with van der Waals surface area (Å²) >= 11 is 3.41. The van der Waals surface area contributed by atoms with E-state index in [1.165, 1.54) is 12.8 Å². The quantitative estimate of drug-likeness (QED) is 0.871. The number of piperazine rings is 1. The van der Waals surface area contributed by atoms with Crippen molar-refractivity contribution in [3.63, 3.8) is 0 Å². The van der Waals surface area contributed by atoms with Crippen molar-refractivity contribution in [1.29, 1.82) is 0 Å². The number of hydrogen-bond acceptors (Lipinski definition) is 3. The first-order valence-corrected chi connectivity index (χ1v) is 7.95. The number of hydrogen-bond donors (Lipinski definition) is 2. The molecular weight excluding hydrogens is 304 g/mol. The lowest BCUT2D eigenvalue weighted by Crippen LogP contribution is -2.45. The molecule has 0 radical (unpaired) electrons. The first kappa shape index (κ1) is 14.8. The normalized spacial score (nSPS) is 18.4. The van der Waals surface area contributed by atoms with Crippen LogP contribution in [0.1, 0.15) is 37.8 Å². The van der Waals surface area contributed by atoms with Crippen molar-refractivity contribution in [2.45, 2.75) is 32.2 Å². The fourth-order valence-corrected chi connectivity index (χ4v) is 3.07. The molecule has 1 aromatic carbocycles. The highest BCUT2D eigenvalue weighted by Crippen LogP contribution is 2.34. The molecule has 1 aromatic rings. The summed E-state index contributed by atoms with van der Waals surface area (Å²) in [4.78, 5) is 2.50. The molecule has 0 saturated carbocycles. The lowest BCUT2D eigenvalue weighted by Gasteiger charge is -2.35. The summed E-state index contributed by atoms with van der Waals surface area (Å²) in [5.74, 6) is 0.411. The van der Waals surface area contributed by atoms with Gasteiger partial charge in [0.05, 0.1) is 0 Å². The number of rotatable bonds is 5. The highest BCUT2D eigenvalue weighted by Gasteiger charge is 2.23. The zero-order valence-corrected chi connectivity index (χ0v) is 13.1. The van der Waals surface area contributed by atoms with Crippen LogP contribution in [0.15, 0.2) is 22.7 Å². The van der Waals surface area contributed by atoms with Gasteiger partial charge in [0.15, 0.2) is 0 Å². The molecule has 0 amide bonds. The third-order valence-electron chi connectivity index (χ3n) is 3.77. The van der Waals surface area contributed by atoms with Crippen LogP contribution in [0.2, 0.25) is 0 Å². The van der Waals surface area contributed by atoms with Gasteiger partial charge >= 0.3 is 0 Å². The minimum Gasteiger partial charge on any atom is -0.508 e. The molecule has 1 aliphatic heterocycles. The Hall–Kier alpha value is -0.580. The molecule has 2 N–H and O–H groups in total. The topological polar surface area (TPSA) is 35.5 Å². The molecule has 106 valence electrons. The summed E-state index contributed by atoms with van der Waals surface area (Å²) in [7, 11) is 0. The molecule has 0 aromatic heterocycles. The number of aromatic hydroxyl groups is 1. The molecule has 0 unspecified atom stereocenters. The largest absolute Gasteiger partial charge is 0.508 e. The Morgan fingerprint density at radius 2 is 2.11 bits per heavy atom. The van der Waals surface area contributed by atoms with Crippen molar-refractivity contribution in [2.75, 3.05) is 26.2 Å². The van der Waals surface area contributed by atoms with E-state index in [4.69, 9.17) is 0 Å². The van der Waals surface area contributed by atoms with Crippen LogP contribution in [0.5, 0.6) is 5.75 Å². The molecule has 0 aliphatic carbocycles. The number of benzene rings is 1. The Morgan fingerprint density at radius 1 is 1.37 bits per heavy atom. The van der Waals surface area contributed by atoms with Gasteiger partial charge in [-0.15, -0.1) is 0 Å². The summed E-state index contributed by atoms with van der Waals surface area (Å²) in [5, 5.41) is 13.6. The average molecular weight is 327 g/mol. The maximum absolute atomic E-state index is 10.2. The Kier molecular flexibility index (Phi) is 5.67. The van der Waals surface area contributed by atoms with Gasteiger partial charge in [-0.1, -0.05) is 41.8 Å². The van der Waals surface area contributed by atoms with E-state index in [1.54, 1.807) is 6.07 Å². The molecule has 0 spiro atoms. The Morgan fingerprint density at radius 3 is 2.74 bits per heavy atom. The van der Waals surface area contributed by atoms with Gasteiger partial charge in [0, 0.05) is 42.3 Å². The summed E-state index contributed by atoms with van der Waals surface area (Å²) < 4.78 is 0.934. The predicted molar refractivity (Wildman–Crippen MR) is 82.5 cm³/mol. The fourth-order valence-electron chi connectivity index (χ4n) is 2.72. The fraction of sp³-hybridized carbons (Fsp3) is 0.600. The Bertz CT molecular complexity index is 405. The number of nitrogens with one attached hydrogen (secondary N) is 1. The second-order valence-electron chi connectivity index (χ2n) is 5.15. The monoisotopic (exact) mass is 326 g/mol. The minimum atomic E-state index is 0.343. The molecule has 1 aliphatic rings. The molecule has 2 rings (SSSR count). The SMILES string of the molecule is CCCC[C@H](c1ccc(Br)cc1O)N1CCNCC1. The highest BCUT2D eigenvalue weighted by molar-refractivity contribution is 9.10. The van der Waals surface area contributed by atoms with Crippen molar-refractivity contribution < 1.29 is 5.11 Å². The van der Waals surface area contributed by atoms with Crippen molar-refractivity contribution in [3.8, 4) is 5.75 Å². The van der Waals surface area contributed by atoms with Gasteiger partial charge in [-0.2, -0.15) is 0 Å². The number of unbranched alkanes of at least 4 members (excludes halogenated alkanes) is 1. The van der Waals surface area contributed by atoms with E-state index in [0.717, 1.165) is 42.6 Å². The summed E-state index contributed by atoms with van der Waals surface area (Å²) in [6.45, 7) is 6.42. The summed E-state index contributed by atoms with van der Waals surface area (Å²) in [5.41, 5.74) is 1.07. The van der Waals surface area contributed by atoms with Crippen LogP contribution < -0.4 is 5.32 Å². The third-order valence-corrected chi connectivity index (χ3v) is 4.27. The summed E-state index contributed by atoms with van der Waals surface area (Å²) in [6.07, 6.45) is 3.51. The van der Waals surface area contributed by atoms with Crippen LogP contribution in [0.3, 0.4) is 0 Å². The highest BCUT2D eigenvalue weighted by atomic mass is 79.9. The second kappa shape index (κ2) is 7.27. The predicted octanol–water partition coefficient (Wildman–Crippen LogP) is 3.29. The molecule has 1 atom stereocenters. The van der Waals surface area contributed by atoms with E-state index in [1.807, 2.05) is 6.07 Å². The standard InChI is InChI=1S/C15H23BrN2O/c1-2-3-4-14(18-9-7-17-8-10-18)13-6-5-12(16)11-15(13)19/h5-6,11,14,17,19H,2-4,7-10H2,1H3/t14-/m1/s1. The van der Waals surface area contributed by atoms with Gasteiger partial charge in [-0.05, 0) is 18.6 Å².